The molecule has 12 heavy (non-hydrogen) atoms. The largest absolute Gasteiger partial charge is 0.374 e. The first-order chi connectivity index (χ1) is 5.84. The zero-order valence-corrected chi connectivity index (χ0v) is 6.82. The molecular formula is C7H6ClNO3. The second-order valence-electron chi connectivity index (χ2n) is 1.84. The number of halogens is 1. The molecule has 0 fully saturated rings. The number of rotatable bonds is 3. The molecule has 0 amide bonds. The van der Waals surface area contributed by atoms with Gasteiger partial charge in [-0.2, -0.15) is 4.89 Å². The van der Waals surface area contributed by atoms with Gasteiger partial charge < -0.3 is 0 Å². The van der Waals surface area contributed by atoms with Crippen molar-refractivity contribution in [2.75, 3.05) is 6.07 Å². The molecule has 0 aliphatic heterocycles. The lowest BCUT2D eigenvalue weighted by Gasteiger charge is -1.98. The third kappa shape index (κ3) is 2.48. The topological polar surface area (TPSA) is 48.4 Å². The first kappa shape index (κ1) is 8.96. The third-order valence-electron chi connectivity index (χ3n) is 1.08. The SMILES string of the molecule is O=C(OOCCl)c1cccnc1. The van der Waals surface area contributed by atoms with E-state index in [9.17, 15) is 4.79 Å². The molecule has 5 heteroatoms. The number of hydrogen-bond acceptors (Lipinski definition) is 4. The number of hydrogen-bond donors (Lipinski definition) is 0. The van der Waals surface area contributed by atoms with Crippen molar-refractivity contribution < 1.29 is 14.6 Å². The van der Waals surface area contributed by atoms with Crippen LogP contribution in [0.1, 0.15) is 10.4 Å². The Kier molecular flexibility index (Phi) is 3.50. The van der Waals surface area contributed by atoms with E-state index in [0.717, 1.165) is 0 Å². The maximum absolute atomic E-state index is 11.0. The molecule has 1 aromatic rings. The van der Waals surface area contributed by atoms with Crippen molar-refractivity contribution in [2.24, 2.45) is 0 Å². The Labute approximate surface area is 74.0 Å². The summed E-state index contributed by atoms with van der Waals surface area (Å²) in [5.41, 5.74) is 0.322. The van der Waals surface area contributed by atoms with Gasteiger partial charge in [0.15, 0.2) is 6.07 Å². The molecule has 0 saturated carbocycles. The molecule has 0 bridgehead atoms. The van der Waals surface area contributed by atoms with Gasteiger partial charge in [-0.3, -0.25) is 9.87 Å². The molecule has 0 spiro atoms. The van der Waals surface area contributed by atoms with E-state index in [1.165, 1.54) is 6.20 Å². The summed E-state index contributed by atoms with van der Waals surface area (Å²) in [4.78, 5) is 23.2. The van der Waals surface area contributed by atoms with Crippen molar-refractivity contribution in [1.82, 2.24) is 4.98 Å². The number of nitrogens with zero attached hydrogens (tertiary/aromatic N) is 1. The fraction of sp³-hybridized carbons (Fsp3) is 0.143. The van der Waals surface area contributed by atoms with Crippen LogP contribution in [0, 0.1) is 0 Å². The predicted molar refractivity (Wildman–Crippen MR) is 41.5 cm³/mol. The molecule has 0 atom stereocenters. The summed E-state index contributed by atoms with van der Waals surface area (Å²) in [6.45, 7) is 0. The Morgan fingerprint density at radius 2 is 2.50 bits per heavy atom. The number of carbonyl (C=O) groups excluding carboxylic acids is 1. The highest BCUT2D eigenvalue weighted by atomic mass is 35.5. The summed E-state index contributed by atoms with van der Waals surface area (Å²) < 4.78 is 0. The fourth-order valence-electron chi connectivity index (χ4n) is 0.607. The van der Waals surface area contributed by atoms with Gasteiger partial charge in [0.25, 0.3) is 0 Å². The Hall–Kier alpha value is -1.13. The van der Waals surface area contributed by atoms with Crippen LogP contribution >= 0.6 is 11.6 Å². The van der Waals surface area contributed by atoms with E-state index in [1.807, 2.05) is 0 Å². The van der Waals surface area contributed by atoms with Crippen LogP contribution in [0.15, 0.2) is 24.5 Å². The molecule has 0 aliphatic carbocycles. The standard InChI is InChI=1S/C7H6ClNO3/c8-5-11-12-7(10)6-2-1-3-9-4-6/h1-4H,5H2. The quantitative estimate of drug-likeness (QED) is 0.407. The molecule has 1 aromatic heterocycles. The van der Waals surface area contributed by atoms with E-state index in [4.69, 9.17) is 11.6 Å². The predicted octanol–water partition coefficient (Wildman–Crippen LogP) is 1.37. The lowest BCUT2D eigenvalue weighted by molar-refractivity contribution is -0.224. The first-order valence-electron chi connectivity index (χ1n) is 3.14. The molecule has 0 unspecified atom stereocenters. The summed E-state index contributed by atoms with van der Waals surface area (Å²) in [5.74, 6) is -0.608. The average molecular weight is 188 g/mol. The lowest BCUT2D eigenvalue weighted by atomic mass is 10.3. The van der Waals surface area contributed by atoms with Gasteiger partial charge in [0.05, 0.1) is 5.56 Å². The van der Waals surface area contributed by atoms with E-state index in [-0.39, 0.29) is 6.07 Å². The number of carbonyl (C=O) groups is 1. The van der Waals surface area contributed by atoms with Crippen LogP contribution in [0.5, 0.6) is 0 Å². The molecule has 1 rings (SSSR count). The van der Waals surface area contributed by atoms with Crippen molar-refractivity contribution >= 4 is 17.6 Å². The van der Waals surface area contributed by atoms with E-state index in [0.29, 0.717) is 5.56 Å². The van der Waals surface area contributed by atoms with Crippen molar-refractivity contribution in [3.63, 3.8) is 0 Å². The van der Waals surface area contributed by atoms with E-state index in [2.05, 4.69) is 14.8 Å². The van der Waals surface area contributed by atoms with Gasteiger partial charge in [0, 0.05) is 12.4 Å². The molecule has 0 saturated heterocycles. The number of alkyl halides is 1. The van der Waals surface area contributed by atoms with Gasteiger partial charge in [0.2, 0.25) is 0 Å². The monoisotopic (exact) mass is 187 g/mol. The summed E-state index contributed by atoms with van der Waals surface area (Å²) >= 11 is 5.12. The zero-order valence-electron chi connectivity index (χ0n) is 6.07. The smallest absolute Gasteiger partial charge is 0.292 e. The van der Waals surface area contributed by atoms with Crippen LogP contribution in [0.2, 0.25) is 0 Å². The maximum atomic E-state index is 11.0. The number of pyridine rings is 1. The second-order valence-corrected chi connectivity index (χ2v) is 2.06. The van der Waals surface area contributed by atoms with Crippen LogP contribution in [0.4, 0.5) is 0 Å². The molecule has 0 aromatic carbocycles. The highest BCUT2D eigenvalue weighted by molar-refractivity contribution is 6.17. The van der Waals surface area contributed by atoms with Gasteiger partial charge >= 0.3 is 5.97 Å². The molecule has 1 heterocycles. The average Bonchev–Trinajstić information content (AvgIpc) is 2.15. The summed E-state index contributed by atoms with van der Waals surface area (Å²) in [6, 6.07) is 3.00. The van der Waals surface area contributed by atoms with Gasteiger partial charge in [-0.1, -0.05) is 11.6 Å². The Morgan fingerprint density at radius 1 is 1.67 bits per heavy atom. The van der Waals surface area contributed by atoms with Crippen molar-refractivity contribution in [3.8, 4) is 0 Å². The Balaban J connectivity index is 2.54. The van der Waals surface area contributed by atoms with Crippen LogP contribution in [-0.4, -0.2) is 17.0 Å². The van der Waals surface area contributed by atoms with Crippen LogP contribution in [0.3, 0.4) is 0 Å². The zero-order chi connectivity index (χ0) is 8.81. The maximum Gasteiger partial charge on any atom is 0.374 e. The van der Waals surface area contributed by atoms with Crippen molar-refractivity contribution in [2.45, 2.75) is 0 Å². The number of aromatic nitrogens is 1. The van der Waals surface area contributed by atoms with Crippen LogP contribution in [-0.2, 0) is 9.78 Å². The minimum atomic E-state index is -0.608. The van der Waals surface area contributed by atoms with Crippen molar-refractivity contribution in [3.05, 3.63) is 30.1 Å². The van der Waals surface area contributed by atoms with Crippen LogP contribution < -0.4 is 0 Å². The molecule has 0 radical (unpaired) electrons. The summed E-state index contributed by atoms with van der Waals surface area (Å²) in [7, 11) is 0. The Morgan fingerprint density at radius 3 is 3.08 bits per heavy atom. The van der Waals surface area contributed by atoms with E-state index < -0.39 is 5.97 Å². The Bertz CT molecular complexity index is 252. The summed E-state index contributed by atoms with van der Waals surface area (Å²) in [6.07, 6.45) is 2.93. The molecule has 0 N–H and O–H groups in total. The van der Waals surface area contributed by atoms with E-state index in [1.54, 1.807) is 18.3 Å². The van der Waals surface area contributed by atoms with E-state index >= 15 is 0 Å². The van der Waals surface area contributed by atoms with Crippen LogP contribution in [0.25, 0.3) is 0 Å². The normalized spacial score (nSPS) is 9.42. The minimum Gasteiger partial charge on any atom is -0.292 e. The molecule has 64 valence electrons. The summed E-state index contributed by atoms with van der Waals surface area (Å²) in [5, 5.41) is 0. The van der Waals surface area contributed by atoms with Gasteiger partial charge in [-0.15, -0.1) is 0 Å². The highest BCUT2D eigenvalue weighted by Gasteiger charge is 2.06. The van der Waals surface area contributed by atoms with Gasteiger partial charge in [-0.25, -0.2) is 4.79 Å². The lowest BCUT2D eigenvalue weighted by Crippen LogP contribution is -2.05. The fourth-order valence-corrected chi connectivity index (χ4v) is 0.652. The highest BCUT2D eigenvalue weighted by Crippen LogP contribution is 1.99. The molecular weight excluding hydrogens is 182 g/mol. The van der Waals surface area contributed by atoms with Crippen molar-refractivity contribution in [1.29, 1.82) is 0 Å². The van der Waals surface area contributed by atoms with Gasteiger partial charge in [0.1, 0.15) is 0 Å². The molecule has 4 nitrogen and oxygen atoms in total. The minimum absolute atomic E-state index is 0.188. The molecule has 0 aliphatic rings. The third-order valence-corrected chi connectivity index (χ3v) is 1.17. The van der Waals surface area contributed by atoms with Gasteiger partial charge in [-0.05, 0) is 12.1 Å². The first-order valence-corrected chi connectivity index (χ1v) is 3.68. The second kappa shape index (κ2) is 4.69.